The highest BCUT2D eigenvalue weighted by atomic mass is 16.6. The maximum absolute atomic E-state index is 11.9. The Morgan fingerprint density at radius 2 is 1.83 bits per heavy atom. The van der Waals surface area contributed by atoms with Gasteiger partial charge in [0.05, 0.1) is 19.4 Å². The largest absolute Gasteiger partial charge is 0.486 e. The lowest BCUT2D eigenvalue weighted by Gasteiger charge is -2.25. The van der Waals surface area contributed by atoms with Gasteiger partial charge in [0.1, 0.15) is 13.2 Å². The van der Waals surface area contributed by atoms with Crippen LogP contribution < -0.4 is 14.9 Å². The van der Waals surface area contributed by atoms with E-state index in [4.69, 9.17) is 14.2 Å². The Balaban J connectivity index is 1.55. The fourth-order valence-electron chi connectivity index (χ4n) is 2.26. The van der Waals surface area contributed by atoms with Gasteiger partial charge in [0.15, 0.2) is 11.5 Å². The van der Waals surface area contributed by atoms with Crippen LogP contribution in [0.5, 0.6) is 11.5 Å². The van der Waals surface area contributed by atoms with Crippen molar-refractivity contribution in [1.29, 1.82) is 0 Å². The number of carbonyl (C=O) groups is 2. The first-order valence-electron chi connectivity index (χ1n) is 7.34. The molecule has 2 aliphatic heterocycles. The van der Waals surface area contributed by atoms with E-state index in [9.17, 15) is 9.59 Å². The van der Waals surface area contributed by atoms with Gasteiger partial charge in [-0.2, -0.15) is 5.10 Å². The number of carbonyl (C=O) groups excluding carboxylic acids is 2. The third-order valence-electron chi connectivity index (χ3n) is 3.44. The fourth-order valence-corrected chi connectivity index (χ4v) is 2.26. The predicted molar refractivity (Wildman–Crippen MR) is 80.6 cm³/mol. The van der Waals surface area contributed by atoms with Gasteiger partial charge in [-0.05, 0) is 23.8 Å². The minimum absolute atomic E-state index is 0.415. The van der Waals surface area contributed by atoms with E-state index in [1.54, 1.807) is 18.2 Å². The number of fused-ring (bicyclic) bond motifs is 1. The first kappa shape index (κ1) is 15.3. The summed E-state index contributed by atoms with van der Waals surface area (Å²) in [6.07, 6.45) is 1.45. The Bertz CT molecular complexity index is 626. The Morgan fingerprint density at radius 3 is 2.61 bits per heavy atom. The second kappa shape index (κ2) is 7.10. The molecule has 3 rings (SSSR count). The first-order chi connectivity index (χ1) is 11.2. The highest BCUT2D eigenvalue weighted by Crippen LogP contribution is 2.30. The number of benzene rings is 1. The maximum Gasteiger partial charge on any atom is 0.329 e. The minimum Gasteiger partial charge on any atom is -0.486 e. The molecule has 23 heavy (non-hydrogen) atoms. The third-order valence-corrected chi connectivity index (χ3v) is 3.44. The van der Waals surface area contributed by atoms with E-state index >= 15 is 0 Å². The summed E-state index contributed by atoms with van der Waals surface area (Å²) in [5, 5.41) is 3.81. The molecular weight excluding hydrogens is 302 g/mol. The Morgan fingerprint density at radius 1 is 1.09 bits per heavy atom. The van der Waals surface area contributed by atoms with Crippen molar-refractivity contribution in [2.75, 3.05) is 39.5 Å². The number of hydrogen-bond acceptors (Lipinski definition) is 6. The summed E-state index contributed by atoms with van der Waals surface area (Å²) < 4.78 is 16.0. The minimum atomic E-state index is -0.763. The molecule has 0 unspecified atom stereocenters. The molecule has 122 valence electrons. The number of nitrogens with one attached hydrogen (secondary N) is 1. The van der Waals surface area contributed by atoms with Gasteiger partial charge in [-0.25, -0.2) is 5.43 Å². The molecule has 8 heteroatoms. The Labute approximate surface area is 133 Å². The van der Waals surface area contributed by atoms with E-state index in [1.165, 1.54) is 11.1 Å². The summed E-state index contributed by atoms with van der Waals surface area (Å²) in [5.41, 5.74) is 2.96. The zero-order valence-corrected chi connectivity index (χ0v) is 12.5. The van der Waals surface area contributed by atoms with Crippen molar-refractivity contribution in [1.82, 2.24) is 10.3 Å². The Kier molecular flexibility index (Phi) is 4.72. The van der Waals surface area contributed by atoms with Crippen molar-refractivity contribution < 1.29 is 23.8 Å². The van der Waals surface area contributed by atoms with E-state index in [2.05, 4.69) is 10.5 Å². The molecule has 2 aliphatic rings. The average molecular weight is 319 g/mol. The SMILES string of the molecule is O=C(N/N=C\c1ccc2c(c1)OCCO2)C(=O)N1CCOCC1. The number of nitrogens with zero attached hydrogens (tertiary/aromatic N) is 2. The topological polar surface area (TPSA) is 89.5 Å². The molecule has 1 N–H and O–H groups in total. The van der Waals surface area contributed by atoms with Crippen molar-refractivity contribution in [3.63, 3.8) is 0 Å². The van der Waals surface area contributed by atoms with Crippen molar-refractivity contribution in [2.24, 2.45) is 5.10 Å². The van der Waals surface area contributed by atoms with Gasteiger partial charge in [0.25, 0.3) is 0 Å². The Hall–Kier alpha value is -2.61. The summed E-state index contributed by atoms with van der Waals surface area (Å²) in [6.45, 7) is 2.74. The highest BCUT2D eigenvalue weighted by molar-refractivity contribution is 6.35. The van der Waals surface area contributed by atoms with Gasteiger partial charge in [-0.1, -0.05) is 0 Å². The lowest BCUT2D eigenvalue weighted by molar-refractivity contribution is -0.148. The van der Waals surface area contributed by atoms with Crippen molar-refractivity contribution in [3.8, 4) is 11.5 Å². The van der Waals surface area contributed by atoms with E-state index in [0.717, 1.165) is 5.56 Å². The summed E-state index contributed by atoms with van der Waals surface area (Å²) in [6, 6.07) is 5.32. The molecule has 0 aliphatic carbocycles. The van der Waals surface area contributed by atoms with Crippen LogP contribution in [0.2, 0.25) is 0 Å². The van der Waals surface area contributed by atoms with E-state index < -0.39 is 11.8 Å². The molecule has 1 fully saturated rings. The van der Waals surface area contributed by atoms with Crippen LogP contribution in [0, 0.1) is 0 Å². The van der Waals surface area contributed by atoms with E-state index in [-0.39, 0.29) is 0 Å². The molecule has 1 saturated heterocycles. The third kappa shape index (κ3) is 3.78. The van der Waals surface area contributed by atoms with Crippen molar-refractivity contribution >= 4 is 18.0 Å². The fraction of sp³-hybridized carbons (Fsp3) is 0.400. The molecule has 1 aromatic rings. The van der Waals surface area contributed by atoms with Gasteiger partial charge in [0.2, 0.25) is 0 Å². The number of hydrazone groups is 1. The summed E-state index contributed by atoms with van der Waals surface area (Å²) in [4.78, 5) is 25.1. The molecule has 8 nitrogen and oxygen atoms in total. The van der Waals surface area contributed by atoms with E-state index in [0.29, 0.717) is 51.0 Å². The van der Waals surface area contributed by atoms with Crippen molar-refractivity contribution in [3.05, 3.63) is 23.8 Å². The van der Waals surface area contributed by atoms with Crippen LogP contribution >= 0.6 is 0 Å². The van der Waals surface area contributed by atoms with E-state index in [1.807, 2.05) is 0 Å². The van der Waals surface area contributed by atoms with Gasteiger partial charge in [-0.3, -0.25) is 9.59 Å². The highest BCUT2D eigenvalue weighted by Gasteiger charge is 2.23. The van der Waals surface area contributed by atoms with Crippen molar-refractivity contribution in [2.45, 2.75) is 0 Å². The monoisotopic (exact) mass is 319 g/mol. The number of amides is 2. The molecule has 0 aromatic heterocycles. The first-order valence-corrected chi connectivity index (χ1v) is 7.34. The standard InChI is InChI=1S/C15H17N3O5/c19-14(15(20)18-3-5-21-6-4-18)17-16-10-11-1-2-12-13(9-11)23-8-7-22-12/h1-2,9-10H,3-8H2,(H,17,19)/b16-10-. The molecule has 0 saturated carbocycles. The number of rotatable bonds is 2. The maximum atomic E-state index is 11.9. The predicted octanol–water partition coefficient (Wildman–Crippen LogP) is -0.233. The second-order valence-electron chi connectivity index (χ2n) is 5.01. The van der Waals surface area contributed by atoms with Crippen LogP contribution in [0.4, 0.5) is 0 Å². The molecule has 2 amide bonds. The molecule has 0 bridgehead atoms. The number of ether oxygens (including phenoxy) is 3. The average Bonchev–Trinajstić information content (AvgIpc) is 2.61. The molecule has 1 aromatic carbocycles. The van der Waals surface area contributed by atoms with Gasteiger partial charge in [-0.15, -0.1) is 0 Å². The number of morpholine rings is 1. The summed E-state index contributed by atoms with van der Waals surface area (Å²) in [7, 11) is 0. The van der Waals surface area contributed by atoms with Crippen LogP contribution in [0.15, 0.2) is 23.3 Å². The molecule has 0 atom stereocenters. The second-order valence-corrected chi connectivity index (χ2v) is 5.01. The lowest BCUT2D eigenvalue weighted by atomic mass is 10.2. The summed E-state index contributed by atoms with van der Waals surface area (Å²) >= 11 is 0. The zero-order chi connectivity index (χ0) is 16.1. The van der Waals surface area contributed by atoms with Crippen LogP contribution in [0.1, 0.15) is 5.56 Å². The smallest absolute Gasteiger partial charge is 0.329 e. The van der Waals surface area contributed by atoms with Crippen LogP contribution in [-0.2, 0) is 14.3 Å². The quantitative estimate of drug-likeness (QED) is 0.462. The van der Waals surface area contributed by atoms with Gasteiger partial charge >= 0.3 is 11.8 Å². The summed E-state index contributed by atoms with van der Waals surface area (Å²) in [5.74, 6) is -0.0517. The van der Waals surface area contributed by atoms with Gasteiger partial charge in [0, 0.05) is 13.1 Å². The molecular formula is C15H17N3O5. The van der Waals surface area contributed by atoms with Crippen LogP contribution in [0.25, 0.3) is 0 Å². The van der Waals surface area contributed by atoms with Crippen LogP contribution in [-0.4, -0.2) is 62.4 Å². The zero-order valence-electron chi connectivity index (χ0n) is 12.5. The molecule has 2 heterocycles. The molecule has 0 spiro atoms. The normalized spacial score (nSPS) is 17.1. The van der Waals surface area contributed by atoms with Gasteiger partial charge < -0.3 is 19.1 Å². The van der Waals surface area contributed by atoms with Crippen LogP contribution in [0.3, 0.4) is 0 Å². The number of hydrogen-bond donors (Lipinski definition) is 1. The lowest BCUT2D eigenvalue weighted by Crippen LogP contribution is -2.46. The molecule has 0 radical (unpaired) electrons.